The lowest BCUT2D eigenvalue weighted by atomic mass is 10.1. The fourth-order valence-electron chi connectivity index (χ4n) is 1.71. The maximum atomic E-state index is 5.84. The minimum atomic E-state index is 0.542. The van der Waals surface area contributed by atoms with Crippen molar-refractivity contribution in [1.82, 2.24) is 10.3 Å². The topological polar surface area (TPSA) is 34.1 Å². The standard InChI is InChI=1S/C14H18N2OS/c1-3-15-9-12-8-11(2)4-5-13(12)17-10-14-16-6-7-18-14/h4-8,15H,3,9-10H2,1-2H3. The molecular weight excluding hydrogens is 244 g/mol. The Hall–Kier alpha value is -1.39. The average Bonchev–Trinajstić information content (AvgIpc) is 2.88. The van der Waals surface area contributed by atoms with Crippen LogP contribution in [0.4, 0.5) is 0 Å². The first-order valence-electron chi connectivity index (χ1n) is 6.11. The van der Waals surface area contributed by atoms with Gasteiger partial charge in [0.05, 0.1) is 0 Å². The number of rotatable bonds is 6. The van der Waals surface area contributed by atoms with E-state index in [4.69, 9.17) is 4.74 Å². The molecule has 2 aromatic rings. The Morgan fingerprint density at radius 2 is 2.28 bits per heavy atom. The van der Waals surface area contributed by atoms with Gasteiger partial charge in [-0.05, 0) is 19.5 Å². The lowest BCUT2D eigenvalue weighted by Gasteiger charge is -2.11. The molecule has 1 aromatic heterocycles. The quantitative estimate of drug-likeness (QED) is 0.868. The second-order valence-corrected chi connectivity index (χ2v) is 5.09. The van der Waals surface area contributed by atoms with Gasteiger partial charge < -0.3 is 10.1 Å². The zero-order chi connectivity index (χ0) is 12.8. The van der Waals surface area contributed by atoms with Crippen LogP contribution in [-0.4, -0.2) is 11.5 Å². The molecule has 96 valence electrons. The lowest BCUT2D eigenvalue weighted by molar-refractivity contribution is 0.301. The lowest BCUT2D eigenvalue weighted by Crippen LogP contribution is -2.13. The van der Waals surface area contributed by atoms with Gasteiger partial charge in [0.2, 0.25) is 0 Å². The molecule has 0 spiro atoms. The third-order valence-corrected chi connectivity index (χ3v) is 3.37. The summed E-state index contributed by atoms with van der Waals surface area (Å²) in [5.41, 5.74) is 2.46. The summed E-state index contributed by atoms with van der Waals surface area (Å²) >= 11 is 1.62. The predicted molar refractivity (Wildman–Crippen MR) is 75.0 cm³/mol. The summed E-state index contributed by atoms with van der Waals surface area (Å²) in [5.74, 6) is 0.941. The molecule has 1 aromatic carbocycles. The van der Waals surface area contributed by atoms with E-state index in [2.05, 4.69) is 36.3 Å². The van der Waals surface area contributed by atoms with Crippen LogP contribution in [0.15, 0.2) is 29.8 Å². The molecule has 0 aliphatic heterocycles. The van der Waals surface area contributed by atoms with Crippen molar-refractivity contribution < 1.29 is 4.74 Å². The minimum Gasteiger partial charge on any atom is -0.486 e. The molecule has 1 N–H and O–H groups in total. The molecule has 0 atom stereocenters. The fourth-order valence-corrected chi connectivity index (χ4v) is 2.24. The van der Waals surface area contributed by atoms with Crippen molar-refractivity contribution in [3.05, 3.63) is 45.9 Å². The van der Waals surface area contributed by atoms with E-state index in [0.717, 1.165) is 23.8 Å². The average molecular weight is 262 g/mol. The van der Waals surface area contributed by atoms with Gasteiger partial charge in [-0.2, -0.15) is 0 Å². The van der Waals surface area contributed by atoms with Crippen LogP contribution in [0.25, 0.3) is 0 Å². The Balaban J connectivity index is 2.05. The summed E-state index contributed by atoms with van der Waals surface area (Å²) < 4.78 is 5.84. The van der Waals surface area contributed by atoms with E-state index in [9.17, 15) is 0 Å². The van der Waals surface area contributed by atoms with Crippen molar-refractivity contribution in [3.63, 3.8) is 0 Å². The van der Waals surface area contributed by atoms with Gasteiger partial charge in [0.25, 0.3) is 0 Å². The predicted octanol–water partition coefficient (Wildman–Crippen LogP) is 3.14. The monoisotopic (exact) mass is 262 g/mol. The molecule has 2 rings (SSSR count). The number of ether oxygens (including phenoxy) is 1. The molecule has 0 fully saturated rings. The Morgan fingerprint density at radius 3 is 3.00 bits per heavy atom. The van der Waals surface area contributed by atoms with E-state index in [1.54, 1.807) is 17.5 Å². The molecular formula is C14H18N2OS. The number of benzene rings is 1. The highest BCUT2D eigenvalue weighted by Gasteiger charge is 2.05. The molecule has 0 saturated heterocycles. The Labute approximate surface area is 112 Å². The molecule has 18 heavy (non-hydrogen) atoms. The van der Waals surface area contributed by atoms with Gasteiger partial charge >= 0.3 is 0 Å². The number of nitrogens with one attached hydrogen (secondary N) is 1. The molecule has 4 heteroatoms. The van der Waals surface area contributed by atoms with Crippen molar-refractivity contribution in [3.8, 4) is 5.75 Å². The normalized spacial score (nSPS) is 10.6. The number of aryl methyl sites for hydroxylation is 1. The minimum absolute atomic E-state index is 0.542. The largest absolute Gasteiger partial charge is 0.486 e. The zero-order valence-corrected chi connectivity index (χ0v) is 11.6. The maximum Gasteiger partial charge on any atom is 0.140 e. The summed E-state index contributed by atoms with van der Waals surface area (Å²) in [7, 11) is 0. The van der Waals surface area contributed by atoms with Gasteiger partial charge in [0.15, 0.2) is 0 Å². The molecule has 0 aliphatic carbocycles. The van der Waals surface area contributed by atoms with Crippen LogP contribution in [0.2, 0.25) is 0 Å². The Bertz CT molecular complexity index is 483. The second kappa shape index (κ2) is 6.52. The van der Waals surface area contributed by atoms with Crippen LogP contribution in [-0.2, 0) is 13.2 Å². The number of nitrogens with zero attached hydrogens (tertiary/aromatic N) is 1. The van der Waals surface area contributed by atoms with Crippen molar-refractivity contribution in [2.24, 2.45) is 0 Å². The first-order chi connectivity index (χ1) is 8.79. The Kier molecular flexibility index (Phi) is 4.73. The molecule has 0 amide bonds. The Morgan fingerprint density at radius 1 is 1.39 bits per heavy atom. The van der Waals surface area contributed by atoms with Crippen LogP contribution in [0.3, 0.4) is 0 Å². The molecule has 1 heterocycles. The SMILES string of the molecule is CCNCc1cc(C)ccc1OCc1nccs1. The van der Waals surface area contributed by atoms with Crippen molar-refractivity contribution in [2.45, 2.75) is 27.0 Å². The summed E-state index contributed by atoms with van der Waals surface area (Å²) in [4.78, 5) is 4.22. The molecule has 0 saturated carbocycles. The third-order valence-electron chi connectivity index (χ3n) is 2.62. The van der Waals surface area contributed by atoms with Gasteiger partial charge in [-0.25, -0.2) is 4.98 Å². The molecule has 0 unspecified atom stereocenters. The van der Waals surface area contributed by atoms with E-state index in [-0.39, 0.29) is 0 Å². The van der Waals surface area contributed by atoms with Gasteiger partial charge in [-0.3, -0.25) is 0 Å². The second-order valence-electron chi connectivity index (χ2n) is 4.11. The highest BCUT2D eigenvalue weighted by atomic mass is 32.1. The van der Waals surface area contributed by atoms with Crippen molar-refractivity contribution in [2.75, 3.05) is 6.54 Å². The van der Waals surface area contributed by atoms with E-state index >= 15 is 0 Å². The van der Waals surface area contributed by atoms with Gasteiger partial charge in [0, 0.05) is 23.7 Å². The van der Waals surface area contributed by atoms with Crippen LogP contribution in [0, 0.1) is 6.92 Å². The summed E-state index contributed by atoms with van der Waals surface area (Å²) in [6, 6.07) is 6.28. The maximum absolute atomic E-state index is 5.84. The first-order valence-corrected chi connectivity index (χ1v) is 6.99. The van der Waals surface area contributed by atoms with Gasteiger partial charge in [-0.15, -0.1) is 11.3 Å². The van der Waals surface area contributed by atoms with Gasteiger partial charge in [0.1, 0.15) is 17.4 Å². The number of aromatic nitrogens is 1. The summed E-state index contributed by atoms with van der Waals surface area (Å²) in [6.07, 6.45) is 1.80. The van der Waals surface area contributed by atoms with Crippen molar-refractivity contribution in [1.29, 1.82) is 0 Å². The van der Waals surface area contributed by atoms with E-state index < -0.39 is 0 Å². The van der Waals surface area contributed by atoms with Crippen LogP contribution < -0.4 is 10.1 Å². The van der Waals surface area contributed by atoms with Crippen LogP contribution in [0.5, 0.6) is 5.75 Å². The number of hydrogen-bond donors (Lipinski definition) is 1. The van der Waals surface area contributed by atoms with E-state index in [1.165, 1.54) is 11.1 Å². The smallest absolute Gasteiger partial charge is 0.140 e. The fraction of sp³-hybridized carbons (Fsp3) is 0.357. The van der Waals surface area contributed by atoms with Gasteiger partial charge in [-0.1, -0.05) is 24.6 Å². The zero-order valence-electron chi connectivity index (χ0n) is 10.8. The van der Waals surface area contributed by atoms with Crippen LogP contribution >= 0.6 is 11.3 Å². The summed E-state index contributed by atoms with van der Waals surface area (Å²) in [5, 5.41) is 6.30. The molecule has 0 radical (unpaired) electrons. The number of hydrogen-bond acceptors (Lipinski definition) is 4. The molecule has 3 nitrogen and oxygen atoms in total. The van der Waals surface area contributed by atoms with Crippen molar-refractivity contribution >= 4 is 11.3 Å². The first kappa shape index (κ1) is 13.1. The highest BCUT2D eigenvalue weighted by Crippen LogP contribution is 2.21. The van der Waals surface area contributed by atoms with E-state index in [0.29, 0.717) is 6.61 Å². The molecule has 0 aliphatic rings. The molecule has 0 bridgehead atoms. The van der Waals surface area contributed by atoms with Crippen LogP contribution in [0.1, 0.15) is 23.1 Å². The van der Waals surface area contributed by atoms with E-state index in [1.807, 2.05) is 11.4 Å². The third kappa shape index (κ3) is 3.55. The summed E-state index contributed by atoms with van der Waals surface area (Å²) in [6.45, 7) is 6.54. The highest BCUT2D eigenvalue weighted by molar-refractivity contribution is 7.09. The number of thiazole rings is 1.